The second-order valence-electron chi connectivity index (χ2n) is 4.64. The highest BCUT2D eigenvalue weighted by Gasteiger charge is 2.28. The van der Waals surface area contributed by atoms with Crippen molar-refractivity contribution < 1.29 is 14.3 Å². The van der Waals surface area contributed by atoms with E-state index >= 15 is 0 Å². The number of nitrogen functional groups attached to an aromatic ring is 1. The molecule has 0 saturated heterocycles. The standard InChI is InChI=1S/C13H17FN2O2S/c1-19-10-4-2-3-8(10)16-9-6-5-7(14)12(15)11(9)13(17)18/h5-6,8,10,16H,2-4,15H2,1H3,(H,17,18). The summed E-state index contributed by atoms with van der Waals surface area (Å²) in [6, 6.07) is 2.86. The SMILES string of the molecule is CSC1CCCC1Nc1ccc(F)c(N)c1C(=O)O. The number of benzene rings is 1. The molecule has 1 aromatic carbocycles. The van der Waals surface area contributed by atoms with Gasteiger partial charge < -0.3 is 16.2 Å². The molecule has 0 amide bonds. The summed E-state index contributed by atoms with van der Waals surface area (Å²) in [6.07, 6.45) is 5.25. The molecule has 4 nitrogen and oxygen atoms in total. The molecule has 0 heterocycles. The zero-order valence-corrected chi connectivity index (χ0v) is 11.5. The van der Waals surface area contributed by atoms with Crippen LogP contribution in [0.4, 0.5) is 15.8 Å². The van der Waals surface area contributed by atoms with Crippen molar-refractivity contribution in [1.29, 1.82) is 0 Å². The van der Waals surface area contributed by atoms with Gasteiger partial charge in [-0.25, -0.2) is 9.18 Å². The van der Waals surface area contributed by atoms with Crippen LogP contribution in [0, 0.1) is 5.82 Å². The Morgan fingerprint density at radius 3 is 2.89 bits per heavy atom. The Labute approximate surface area is 115 Å². The maximum atomic E-state index is 13.4. The lowest BCUT2D eigenvalue weighted by molar-refractivity contribution is 0.0698. The molecule has 1 aromatic rings. The quantitative estimate of drug-likeness (QED) is 0.741. The predicted molar refractivity (Wildman–Crippen MR) is 76.3 cm³/mol. The number of hydrogen-bond acceptors (Lipinski definition) is 4. The normalized spacial score (nSPS) is 22.4. The summed E-state index contributed by atoms with van der Waals surface area (Å²) in [5, 5.41) is 12.8. The summed E-state index contributed by atoms with van der Waals surface area (Å²) < 4.78 is 13.4. The van der Waals surface area contributed by atoms with Crippen LogP contribution in [0.2, 0.25) is 0 Å². The number of halogens is 1. The van der Waals surface area contributed by atoms with E-state index in [2.05, 4.69) is 5.32 Å². The number of nitrogens with one attached hydrogen (secondary N) is 1. The lowest BCUT2D eigenvalue weighted by Crippen LogP contribution is -2.27. The fourth-order valence-corrected chi connectivity index (χ4v) is 3.45. The Hall–Kier alpha value is -1.43. The van der Waals surface area contributed by atoms with Gasteiger partial charge in [0.15, 0.2) is 0 Å². The second kappa shape index (κ2) is 5.69. The summed E-state index contributed by atoms with van der Waals surface area (Å²) in [5.74, 6) is -1.91. The summed E-state index contributed by atoms with van der Waals surface area (Å²) >= 11 is 1.77. The molecule has 1 fully saturated rings. The second-order valence-corrected chi connectivity index (χ2v) is 5.72. The predicted octanol–water partition coefficient (Wildman–Crippen LogP) is 2.80. The third kappa shape index (κ3) is 2.78. The first kappa shape index (κ1) is 14.0. The number of carboxylic acids is 1. The van der Waals surface area contributed by atoms with Crippen molar-refractivity contribution in [2.24, 2.45) is 0 Å². The van der Waals surface area contributed by atoms with Crippen LogP contribution >= 0.6 is 11.8 Å². The van der Waals surface area contributed by atoms with E-state index in [1.807, 2.05) is 6.26 Å². The Morgan fingerprint density at radius 2 is 2.26 bits per heavy atom. The molecule has 6 heteroatoms. The van der Waals surface area contributed by atoms with Crippen molar-refractivity contribution in [3.05, 3.63) is 23.5 Å². The van der Waals surface area contributed by atoms with Crippen LogP contribution in [-0.2, 0) is 0 Å². The van der Waals surface area contributed by atoms with Crippen LogP contribution in [0.15, 0.2) is 12.1 Å². The molecular formula is C13H17FN2O2S. The number of nitrogens with two attached hydrogens (primary N) is 1. The van der Waals surface area contributed by atoms with E-state index in [0.717, 1.165) is 19.3 Å². The molecule has 0 bridgehead atoms. The van der Waals surface area contributed by atoms with Crippen molar-refractivity contribution in [2.75, 3.05) is 17.3 Å². The van der Waals surface area contributed by atoms with Gasteiger partial charge in [-0.1, -0.05) is 6.42 Å². The minimum Gasteiger partial charge on any atom is -0.478 e. The highest BCUT2D eigenvalue weighted by Crippen LogP contribution is 2.33. The molecule has 0 spiro atoms. The fraction of sp³-hybridized carbons (Fsp3) is 0.462. The van der Waals surface area contributed by atoms with Gasteiger partial charge in [0.1, 0.15) is 11.4 Å². The molecule has 19 heavy (non-hydrogen) atoms. The van der Waals surface area contributed by atoms with Gasteiger partial charge >= 0.3 is 5.97 Å². The molecule has 4 N–H and O–H groups in total. The molecule has 2 unspecified atom stereocenters. The molecule has 2 atom stereocenters. The lowest BCUT2D eigenvalue weighted by Gasteiger charge is -2.22. The van der Waals surface area contributed by atoms with Crippen molar-refractivity contribution in [1.82, 2.24) is 0 Å². The number of thioether (sulfide) groups is 1. The molecule has 0 aromatic heterocycles. The Morgan fingerprint density at radius 1 is 1.53 bits per heavy atom. The van der Waals surface area contributed by atoms with Gasteiger partial charge in [0, 0.05) is 11.3 Å². The minimum atomic E-state index is -1.21. The number of aromatic carboxylic acids is 1. The number of carbonyl (C=O) groups is 1. The molecule has 1 saturated carbocycles. The zero-order valence-electron chi connectivity index (χ0n) is 10.6. The average molecular weight is 284 g/mol. The van der Waals surface area contributed by atoms with Crippen molar-refractivity contribution >= 4 is 29.1 Å². The van der Waals surface area contributed by atoms with Gasteiger partial charge in [-0.15, -0.1) is 0 Å². The highest BCUT2D eigenvalue weighted by atomic mass is 32.2. The van der Waals surface area contributed by atoms with Gasteiger partial charge in [-0.2, -0.15) is 11.8 Å². The van der Waals surface area contributed by atoms with E-state index in [9.17, 15) is 14.3 Å². The van der Waals surface area contributed by atoms with E-state index in [4.69, 9.17) is 5.73 Å². The smallest absolute Gasteiger partial charge is 0.340 e. The Kier molecular flexibility index (Phi) is 4.19. The van der Waals surface area contributed by atoms with Gasteiger partial charge in [0.25, 0.3) is 0 Å². The van der Waals surface area contributed by atoms with Crippen LogP contribution in [-0.4, -0.2) is 28.6 Å². The molecule has 0 radical (unpaired) electrons. The van der Waals surface area contributed by atoms with Crippen molar-refractivity contribution in [2.45, 2.75) is 30.6 Å². The fourth-order valence-electron chi connectivity index (χ4n) is 2.52. The lowest BCUT2D eigenvalue weighted by atomic mass is 10.1. The third-order valence-electron chi connectivity index (χ3n) is 3.50. The van der Waals surface area contributed by atoms with Crippen LogP contribution in [0.25, 0.3) is 0 Å². The Balaban J connectivity index is 2.30. The Bertz CT molecular complexity index is 496. The molecular weight excluding hydrogens is 267 g/mol. The number of hydrogen-bond donors (Lipinski definition) is 3. The summed E-state index contributed by atoms with van der Waals surface area (Å²) in [4.78, 5) is 11.2. The van der Waals surface area contributed by atoms with E-state index in [-0.39, 0.29) is 17.3 Å². The first-order valence-electron chi connectivity index (χ1n) is 6.15. The first-order chi connectivity index (χ1) is 9.04. The number of carboxylic acid groups (broad SMARTS) is 1. The zero-order chi connectivity index (χ0) is 14.0. The molecule has 104 valence electrons. The van der Waals surface area contributed by atoms with Crippen LogP contribution in [0.1, 0.15) is 29.6 Å². The van der Waals surface area contributed by atoms with E-state index in [1.54, 1.807) is 11.8 Å². The number of rotatable bonds is 4. The summed E-state index contributed by atoms with van der Waals surface area (Å²) in [7, 11) is 0. The largest absolute Gasteiger partial charge is 0.478 e. The maximum absolute atomic E-state index is 13.4. The topological polar surface area (TPSA) is 75.3 Å². The molecule has 1 aliphatic rings. The van der Waals surface area contributed by atoms with Gasteiger partial charge in [0.05, 0.1) is 11.4 Å². The summed E-state index contributed by atoms with van der Waals surface area (Å²) in [6.45, 7) is 0. The van der Waals surface area contributed by atoms with E-state index in [1.165, 1.54) is 12.1 Å². The minimum absolute atomic E-state index is 0.174. The van der Waals surface area contributed by atoms with Crippen LogP contribution in [0.3, 0.4) is 0 Å². The monoisotopic (exact) mass is 284 g/mol. The summed E-state index contributed by atoms with van der Waals surface area (Å²) in [5.41, 5.74) is 5.44. The van der Waals surface area contributed by atoms with E-state index < -0.39 is 11.8 Å². The first-order valence-corrected chi connectivity index (χ1v) is 7.44. The highest BCUT2D eigenvalue weighted by molar-refractivity contribution is 7.99. The van der Waals surface area contributed by atoms with E-state index in [0.29, 0.717) is 10.9 Å². The third-order valence-corrected chi connectivity index (χ3v) is 4.67. The van der Waals surface area contributed by atoms with Crippen molar-refractivity contribution in [3.63, 3.8) is 0 Å². The van der Waals surface area contributed by atoms with Crippen LogP contribution < -0.4 is 11.1 Å². The van der Waals surface area contributed by atoms with Crippen LogP contribution in [0.5, 0.6) is 0 Å². The molecule has 1 aliphatic carbocycles. The maximum Gasteiger partial charge on any atom is 0.340 e. The van der Waals surface area contributed by atoms with Gasteiger partial charge in [-0.05, 0) is 31.2 Å². The number of anilines is 2. The molecule has 0 aliphatic heterocycles. The average Bonchev–Trinajstić information content (AvgIpc) is 2.80. The van der Waals surface area contributed by atoms with Crippen molar-refractivity contribution in [3.8, 4) is 0 Å². The van der Waals surface area contributed by atoms with Gasteiger partial charge in [0.2, 0.25) is 0 Å². The van der Waals surface area contributed by atoms with Gasteiger partial charge in [-0.3, -0.25) is 0 Å². The molecule has 2 rings (SSSR count).